The number of anilines is 2. The number of carbonyl (C=O) groups is 2. The van der Waals surface area contributed by atoms with Gasteiger partial charge in [0, 0.05) is 42.7 Å². The molecule has 12 nitrogen and oxygen atoms in total. The Kier molecular flexibility index (Phi) is 15.9. The fourth-order valence-electron chi connectivity index (χ4n) is 5.67. The number of ether oxygens (including phenoxy) is 4. The third-order valence-electron chi connectivity index (χ3n) is 8.31. The zero-order valence-electron chi connectivity index (χ0n) is 30.0. The van der Waals surface area contributed by atoms with Crippen LogP contribution in [0, 0.1) is 11.8 Å². The molecule has 0 saturated carbocycles. The van der Waals surface area contributed by atoms with Crippen LogP contribution in [-0.4, -0.2) is 120 Å². The number of carbonyl (C=O) groups excluding carboxylic acids is 2. The van der Waals surface area contributed by atoms with Crippen molar-refractivity contribution in [1.29, 1.82) is 0 Å². The molecule has 1 saturated heterocycles. The Bertz CT molecular complexity index is 1660. The van der Waals surface area contributed by atoms with Crippen LogP contribution in [0.1, 0.15) is 35.8 Å². The van der Waals surface area contributed by atoms with Gasteiger partial charge in [-0.05, 0) is 75.3 Å². The number of hydrogen-bond acceptors (Lipinski definition) is 9. The molecule has 52 heavy (non-hydrogen) atoms. The maximum Gasteiger partial charge on any atom is 0.406 e. The van der Waals surface area contributed by atoms with Crippen molar-refractivity contribution in [2.24, 2.45) is 0 Å². The summed E-state index contributed by atoms with van der Waals surface area (Å²) < 4.78 is 63.9. The van der Waals surface area contributed by atoms with Crippen LogP contribution in [0.3, 0.4) is 0 Å². The first-order valence-electron chi connectivity index (χ1n) is 17.3. The molecule has 4 N–H and O–H groups in total. The number of methoxy groups -OCH3 is 1. The molecule has 2 amide bonds. The second-order valence-electron chi connectivity index (χ2n) is 12.3. The average molecular weight is 731 g/mol. The van der Waals surface area contributed by atoms with Gasteiger partial charge in [-0.3, -0.25) is 9.59 Å². The number of amides is 2. The monoisotopic (exact) mass is 730 g/mol. The summed E-state index contributed by atoms with van der Waals surface area (Å²) in [6.45, 7) is 5.39. The molecule has 1 aliphatic rings. The van der Waals surface area contributed by atoms with Crippen LogP contribution in [-0.2, 0) is 25.5 Å². The Morgan fingerprint density at radius 2 is 1.58 bits per heavy atom. The molecule has 1 aliphatic heterocycles. The van der Waals surface area contributed by atoms with Gasteiger partial charge < -0.3 is 49.7 Å². The van der Waals surface area contributed by atoms with Gasteiger partial charge in [0.05, 0.1) is 70.2 Å². The Morgan fingerprint density at radius 1 is 0.904 bits per heavy atom. The van der Waals surface area contributed by atoms with E-state index in [1.165, 1.54) is 18.6 Å². The topological polar surface area (TPSA) is 127 Å². The van der Waals surface area contributed by atoms with Crippen molar-refractivity contribution in [2.75, 3.05) is 97.2 Å². The molecule has 1 aromatic heterocycles. The molecule has 15 heteroatoms. The van der Waals surface area contributed by atoms with Gasteiger partial charge in [-0.15, -0.1) is 0 Å². The molecule has 0 unspecified atom stereocenters. The Hall–Kier alpha value is -4.49. The van der Waals surface area contributed by atoms with Crippen LogP contribution in [0.4, 0.5) is 24.5 Å². The van der Waals surface area contributed by atoms with Crippen LogP contribution >= 0.6 is 0 Å². The SMILES string of the molecule is COc1cc(C(=O)NCCOCCOCCOCCNC(C)=O)ccc1NCC#Cc1cc2c(NC3CCN(C)CC3)cccc2n1CC(F)(F)F. The molecule has 284 valence electrons. The highest BCUT2D eigenvalue weighted by atomic mass is 19.4. The predicted molar refractivity (Wildman–Crippen MR) is 194 cm³/mol. The van der Waals surface area contributed by atoms with Gasteiger partial charge in [0.2, 0.25) is 5.91 Å². The van der Waals surface area contributed by atoms with E-state index in [0.29, 0.717) is 80.6 Å². The Labute approximate surface area is 302 Å². The van der Waals surface area contributed by atoms with Gasteiger partial charge in [-0.25, -0.2) is 0 Å². The van der Waals surface area contributed by atoms with Crippen molar-refractivity contribution in [3.63, 3.8) is 0 Å². The van der Waals surface area contributed by atoms with Crippen molar-refractivity contribution in [2.45, 2.75) is 38.5 Å². The summed E-state index contributed by atoms with van der Waals surface area (Å²) in [4.78, 5) is 25.7. The zero-order valence-corrected chi connectivity index (χ0v) is 30.0. The van der Waals surface area contributed by atoms with E-state index in [9.17, 15) is 22.8 Å². The highest BCUT2D eigenvalue weighted by Crippen LogP contribution is 2.31. The lowest BCUT2D eigenvalue weighted by Gasteiger charge is -2.30. The maximum absolute atomic E-state index is 13.7. The van der Waals surface area contributed by atoms with E-state index in [0.717, 1.165) is 31.6 Å². The summed E-state index contributed by atoms with van der Waals surface area (Å²) in [5, 5.41) is 12.8. The highest BCUT2D eigenvalue weighted by molar-refractivity contribution is 5.95. The fourth-order valence-corrected chi connectivity index (χ4v) is 5.67. The molecule has 0 aliphatic carbocycles. The van der Waals surface area contributed by atoms with E-state index in [4.69, 9.17) is 18.9 Å². The summed E-state index contributed by atoms with van der Waals surface area (Å²) in [5.41, 5.74) is 2.50. The molecule has 0 spiro atoms. The van der Waals surface area contributed by atoms with Crippen molar-refractivity contribution < 1.29 is 41.7 Å². The first kappa shape index (κ1) is 40.3. The second kappa shape index (κ2) is 20.5. The van der Waals surface area contributed by atoms with Crippen molar-refractivity contribution >= 4 is 34.1 Å². The number of aromatic nitrogens is 1. The molecule has 3 aromatic rings. The van der Waals surface area contributed by atoms with Crippen LogP contribution in [0.5, 0.6) is 5.75 Å². The summed E-state index contributed by atoms with van der Waals surface area (Å²) >= 11 is 0. The van der Waals surface area contributed by atoms with Crippen molar-refractivity contribution in [3.05, 3.63) is 53.7 Å². The Balaban J connectivity index is 1.26. The van der Waals surface area contributed by atoms with Crippen LogP contribution in [0.25, 0.3) is 10.9 Å². The molecule has 1 fully saturated rings. The van der Waals surface area contributed by atoms with Crippen LogP contribution in [0.2, 0.25) is 0 Å². The average Bonchev–Trinajstić information content (AvgIpc) is 3.45. The van der Waals surface area contributed by atoms with Gasteiger partial charge in [0.1, 0.15) is 12.3 Å². The zero-order chi connectivity index (χ0) is 37.3. The van der Waals surface area contributed by atoms with Crippen molar-refractivity contribution in [3.8, 4) is 17.6 Å². The summed E-state index contributed by atoms with van der Waals surface area (Å²) in [5.74, 6) is 5.90. The molecule has 4 rings (SSSR count). The van der Waals surface area contributed by atoms with Crippen LogP contribution in [0.15, 0.2) is 42.5 Å². The normalized spacial score (nSPS) is 13.7. The minimum absolute atomic E-state index is 0.0983. The minimum atomic E-state index is -4.42. The van der Waals surface area contributed by atoms with E-state index in [2.05, 4.69) is 45.1 Å². The number of likely N-dealkylation sites (tertiary alicyclic amines) is 1. The summed E-state index contributed by atoms with van der Waals surface area (Å²) in [6, 6.07) is 12.3. The van der Waals surface area contributed by atoms with Gasteiger partial charge in [-0.1, -0.05) is 12.0 Å². The molecule has 2 aromatic carbocycles. The number of benzene rings is 2. The quantitative estimate of drug-likeness (QED) is 0.107. The van der Waals surface area contributed by atoms with Crippen LogP contribution < -0.4 is 26.0 Å². The molecular weight excluding hydrogens is 681 g/mol. The largest absolute Gasteiger partial charge is 0.495 e. The highest BCUT2D eigenvalue weighted by Gasteiger charge is 2.30. The van der Waals surface area contributed by atoms with E-state index in [1.807, 2.05) is 6.07 Å². The number of piperidine rings is 1. The first-order valence-corrected chi connectivity index (χ1v) is 17.3. The number of nitrogens with one attached hydrogen (secondary N) is 4. The summed E-state index contributed by atoms with van der Waals surface area (Å²) in [6.07, 6.45) is -2.51. The third kappa shape index (κ3) is 13.2. The third-order valence-corrected chi connectivity index (χ3v) is 8.31. The predicted octanol–water partition coefficient (Wildman–Crippen LogP) is 4.10. The molecule has 0 atom stereocenters. The summed E-state index contributed by atoms with van der Waals surface area (Å²) in [7, 11) is 3.56. The van der Waals surface area contributed by atoms with E-state index in [-0.39, 0.29) is 30.1 Å². The molecular formula is C37H49F3N6O6. The number of hydrogen-bond donors (Lipinski definition) is 4. The van der Waals surface area contributed by atoms with Gasteiger partial charge in [-0.2, -0.15) is 13.2 Å². The number of alkyl halides is 3. The molecule has 0 radical (unpaired) electrons. The van der Waals surface area contributed by atoms with E-state index in [1.54, 1.807) is 36.4 Å². The molecule has 0 bridgehead atoms. The number of nitrogens with zero attached hydrogens (tertiary/aromatic N) is 2. The smallest absolute Gasteiger partial charge is 0.406 e. The van der Waals surface area contributed by atoms with E-state index >= 15 is 0 Å². The van der Waals surface area contributed by atoms with Gasteiger partial charge in [0.25, 0.3) is 5.91 Å². The fraction of sp³-hybridized carbons (Fsp3) is 0.514. The van der Waals surface area contributed by atoms with E-state index < -0.39 is 12.7 Å². The second-order valence-corrected chi connectivity index (χ2v) is 12.3. The standard InChI is InChI=1S/C37H49F3N6O6/c1-27(47)41-14-18-50-20-22-52-23-21-51-19-15-43-36(48)28-9-10-33(35(24-28)49-3)42-13-5-6-30-25-31-32(44-29-11-16-45(2)17-12-29)7-4-8-34(31)46(30)26-37(38,39)40/h4,7-10,24-25,29,42,44H,11-23,26H2,1-3H3,(H,41,47)(H,43,48). The van der Waals surface area contributed by atoms with Crippen molar-refractivity contribution in [1.82, 2.24) is 20.1 Å². The first-order chi connectivity index (χ1) is 25.0. The lowest BCUT2D eigenvalue weighted by molar-refractivity contribution is -0.140. The maximum atomic E-state index is 13.7. The lowest BCUT2D eigenvalue weighted by Crippen LogP contribution is -2.36. The Morgan fingerprint density at radius 3 is 2.23 bits per heavy atom. The molecule has 2 heterocycles. The minimum Gasteiger partial charge on any atom is -0.495 e. The number of halogens is 3. The number of rotatable bonds is 19. The van der Waals surface area contributed by atoms with Gasteiger partial charge in [0.15, 0.2) is 0 Å². The lowest BCUT2D eigenvalue weighted by atomic mass is 10.0. The van der Waals surface area contributed by atoms with Gasteiger partial charge >= 0.3 is 6.18 Å². The number of fused-ring (bicyclic) bond motifs is 1.